The van der Waals surface area contributed by atoms with Crippen LogP contribution in [-0.2, 0) is 14.3 Å². The summed E-state index contributed by atoms with van der Waals surface area (Å²) in [6.07, 6.45) is 0. The average Bonchev–Trinajstić information content (AvgIpc) is 2.56. The van der Waals surface area contributed by atoms with Gasteiger partial charge in [0.15, 0.2) is 0 Å². The van der Waals surface area contributed by atoms with E-state index in [9.17, 15) is 9.59 Å². The van der Waals surface area contributed by atoms with E-state index in [2.05, 4.69) is 16.0 Å². The van der Waals surface area contributed by atoms with Gasteiger partial charge in [-0.25, -0.2) is 0 Å². The van der Waals surface area contributed by atoms with Gasteiger partial charge in [-0.2, -0.15) is 0 Å². The van der Waals surface area contributed by atoms with Crippen LogP contribution in [-0.4, -0.2) is 32.1 Å². The largest absolute Gasteiger partial charge is 0.376 e. The molecule has 0 aromatic heterocycles. The van der Waals surface area contributed by atoms with E-state index in [4.69, 9.17) is 4.74 Å². The lowest BCUT2D eigenvalue weighted by molar-refractivity contribution is -0.119. The number of para-hydroxylation sites is 1. The van der Waals surface area contributed by atoms with Gasteiger partial charge in [0.2, 0.25) is 11.8 Å². The Balaban J connectivity index is 1.88. The summed E-state index contributed by atoms with van der Waals surface area (Å²) >= 11 is 0. The standard InChI is InChI=1S/C18H21N3O3/c1-13-6-3-4-9-16(13)21-17(22)11-19-14-7-5-8-15(10-14)20-18(23)12-24-2/h3-10,19H,11-12H2,1-2H3,(H,20,23)(H,21,22). The van der Waals surface area contributed by atoms with Crippen molar-refractivity contribution in [2.75, 3.05) is 36.2 Å². The molecule has 0 bridgehead atoms. The van der Waals surface area contributed by atoms with Crippen molar-refractivity contribution in [3.05, 3.63) is 54.1 Å². The van der Waals surface area contributed by atoms with E-state index in [1.165, 1.54) is 7.11 Å². The smallest absolute Gasteiger partial charge is 0.250 e. The van der Waals surface area contributed by atoms with E-state index >= 15 is 0 Å². The number of hydrogen-bond donors (Lipinski definition) is 3. The highest BCUT2D eigenvalue weighted by atomic mass is 16.5. The first-order valence-electron chi connectivity index (χ1n) is 7.56. The fraction of sp³-hybridized carbons (Fsp3) is 0.222. The number of aryl methyl sites for hydroxylation is 1. The monoisotopic (exact) mass is 327 g/mol. The van der Waals surface area contributed by atoms with Crippen molar-refractivity contribution < 1.29 is 14.3 Å². The Morgan fingerprint density at radius 2 is 1.71 bits per heavy atom. The van der Waals surface area contributed by atoms with Gasteiger partial charge in [-0.05, 0) is 36.8 Å². The Morgan fingerprint density at radius 3 is 2.46 bits per heavy atom. The van der Waals surface area contributed by atoms with Crippen LogP contribution in [0.1, 0.15) is 5.56 Å². The molecule has 126 valence electrons. The fourth-order valence-corrected chi connectivity index (χ4v) is 2.12. The van der Waals surface area contributed by atoms with Crippen molar-refractivity contribution in [1.82, 2.24) is 0 Å². The molecule has 6 heteroatoms. The van der Waals surface area contributed by atoms with Gasteiger partial charge in [0.05, 0.1) is 6.54 Å². The van der Waals surface area contributed by atoms with Crippen molar-refractivity contribution in [2.45, 2.75) is 6.92 Å². The normalized spacial score (nSPS) is 10.1. The molecule has 0 unspecified atom stereocenters. The molecule has 2 aromatic carbocycles. The van der Waals surface area contributed by atoms with Crippen LogP contribution in [0.5, 0.6) is 0 Å². The zero-order chi connectivity index (χ0) is 17.4. The lowest BCUT2D eigenvalue weighted by Gasteiger charge is -2.11. The maximum absolute atomic E-state index is 12.0. The third kappa shape index (κ3) is 5.40. The van der Waals surface area contributed by atoms with Crippen molar-refractivity contribution in [1.29, 1.82) is 0 Å². The van der Waals surface area contributed by atoms with Crippen molar-refractivity contribution in [3.63, 3.8) is 0 Å². The Kier molecular flexibility index (Phi) is 6.33. The maximum Gasteiger partial charge on any atom is 0.250 e. The van der Waals surface area contributed by atoms with Crippen molar-refractivity contribution in [2.24, 2.45) is 0 Å². The predicted octanol–water partition coefficient (Wildman–Crippen LogP) is 2.63. The molecular weight excluding hydrogens is 306 g/mol. The van der Waals surface area contributed by atoms with E-state index < -0.39 is 0 Å². The Morgan fingerprint density at radius 1 is 0.958 bits per heavy atom. The summed E-state index contributed by atoms with van der Waals surface area (Å²) in [5.74, 6) is -0.370. The van der Waals surface area contributed by atoms with Gasteiger partial charge in [0.25, 0.3) is 0 Å². The quantitative estimate of drug-likeness (QED) is 0.730. The maximum atomic E-state index is 12.0. The number of hydrogen-bond acceptors (Lipinski definition) is 4. The molecule has 2 rings (SSSR count). The Hall–Kier alpha value is -2.86. The van der Waals surface area contributed by atoms with Gasteiger partial charge >= 0.3 is 0 Å². The molecule has 24 heavy (non-hydrogen) atoms. The van der Waals surface area contributed by atoms with Crippen LogP contribution in [0.2, 0.25) is 0 Å². The number of benzene rings is 2. The molecule has 0 atom stereocenters. The predicted molar refractivity (Wildman–Crippen MR) is 95.2 cm³/mol. The first kappa shape index (κ1) is 17.5. The molecule has 0 spiro atoms. The summed E-state index contributed by atoms with van der Waals surface area (Å²) in [6, 6.07) is 14.8. The minimum Gasteiger partial charge on any atom is -0.376 e. The van der Waals surface area contributed by atoms with E-state index in [0.717, 1.165) is 16.9 Å². The van der Waals surface area contributed by atoms with Crippen LogP contribution in [0, 0.1) is 6.92 Å². The number of carbonyl (C=O) groups is 2. The molecule has 2 amide bonds. The van der Waals surface area contributed by atoms with E-state index in [1.54, 1.807) is 18.2 Å². The molecule has 0 heterocycles. The molecule has 0 fully saturated rings. The van der Waals surface area contributed by atoms with Crippen LogP contribution in [0.25, 0.3) is 0 Å². The van der Waals surface area contributed by atoms with Gasteiger partial charge in [-0.3, -0.25) is 9.59 Å². The Labute approximate surface area is 141 Å². The lowest BCUT2D eigenvalue weighted by Crippen LogP contribution is -2.22. The van der Waals surface area contributed by atoms with Crippen molar-refractivity contribution >= 4 is 28.9 Å². The summed E-state index contributed by atoms with van der Waals surface area (Å²) < 4.78 is 4.77. The minimum absolute atomic E-state index is 0.00348. The number of rotatable bonds is 7. The minimum atomic E-state index is -0.230. The molecule has 6 nitrogen and oxygen atoms in total. The second-order valence-corrected chi connectivity index (χ2v) is 5.28. The van der Waals surface area contributed by atoms with Crippen molar-refractivity contribution in [3.8, 4) is 0 Å². The van der Waals surface area contributed by atoms with E-state index in [0.29, 0.717) is 5.69 Å². The number of nitrogens with one attached hydrogen (secondary N) is 3. The zero-order valence-electron chi connectivity index (χ0n) is 13.8. The van der Waals surface area contributed by atoms with Crippen LogP contribution in [0.3, 0.4) is 0 Å². The summed E-state index contributed by atoms with van der Waals surface area (Å²) in [7, 11) is 1.46. The zero-order valence-corrected chi connectivity index (χ0v) is 13.8. The topological polar surface area (TPSA) is 79.5 Å². The summed E-state index contributed by atoms with van der Waals surface area (Å²) in [4.78, 5) is 23.5. The van der Waals surface area contributed by atoms with Gasteiger partial charge in [0.1, 0.15) is 6.61 Å². The molecule has 0 radical (unpaired) electrons. The molecule has 0 aliphatic carbocycles. The Bertz CT molecular complexity index is 716. The van der Waals surface area contributed by atoms with E-state index in [1.807, 2.05) is 37.3 Å². The summed E-state index contributed by atoms with van der Waals surface area (Å²) in [5, 5.41) is 8.61. The average molecular weight is 327 g/mol. The fourth-order valence-electron chi connectivity index (χ4n) is 2.12. The van der Waals surface area contributed by atoms with Crippen LogP contribution in [0.4, 0.5) is 17.1 Å². The molecule has 0 aliphatic rings. The molecule has 0 saturated carbocycles. The van der Waals surface area contributed by atoms with Gasteiger partial charge < -0.3 is 20.7 Å². The van der Waals surface area contributed by atoms with Gasteiger partial charge in [0, 0.05) is 24.2 Å². The molecule has 2 aromatic rings. The van der Waals surface area contributed by atoms with Crippen LogP contribution >= 0.6 is 0 Å². The van der Waals surface area contributed by atoms with Gasteiger partial charge in [-0.15, -0.1) is 0 Å². The second kappa shape index (κ2) is 8.69. The summed E-state index contributed by atoms with van der Waals surface area (Å²) in [5.41, 5.74) is 3.19. The SMILES string of the molecule is COCC(=O)Nc1cccc(NCC(=O)Nc2ccccc2C)c1. The molecule has 0 aliphatic heterocycles. The number of methoxy groups -OCH3 is 1. The highest BCUT2D eigenvalue weighted by molar-refractivity contribution is 5.95. The third-order valence-electron chi connectivity index (χ3n) is 3.29. The number of carbonyl (C=O) groups excluding carboxylic acids is 2. The number of amides is 2. The first-order chi connectivity index (χ1) is 11.6. The van der Waals surface area contributed by atoms with Gasteiger partial charge in [-0.1, -0.05) is 24.3 Å². The highest BCUT2D eigenvalue weighted by Crippen LogP contribution is 2.16. The number of ether oxygens (including phenoxy) is 1. The van der Waals surface area contributed by atoms with Crippen LogP contribution < -0.4 is 16.0 Å². The van der Waals surface area contributed by atoms with Crippen LogP contribution in [0.15, 0.2) is 48.5 Å². The van der Waals surface area contributed by atoms with E-state index in [-0.39, 0.29) is 25.0 Å². The highest BCUT2D eigenvalue weighted by Gasteiger charge is 2.05. The molecule has 3 N–H and O–H groups in total. The summed E-state index contributed by atoms with van der Waals surface area (Å²) in [6.45, 7) is 2.06. The second-order valence-electron chi connectivity index (χ2n) is 5.28. The lowest BCUT2D eigenvalue weighted by atomic mass is 10.2. The molecular formula is C18H21N3O3. The third-order valence-corrected chi connectivity index (χ3v) is 3.29. The number of anilines is 3. The first-order valence-corrected chi connectivity index (χ1v) is 7.56. The molecule has 0 saturated heterocycles.